The minimum absolute atomic E-state index is 0.0822. The second-order valence-electron chi connectivity index (χ2n) is 4.60. The molecule has 4 nitrogen and oxygen atoms in total. The Hall–Kier alpha value is -1.95. The molecule has 3 aromatic rings. The zero-order chi connectivity index (χ0) is 15.0. The first-order chi connectivity index (χ1) is 9.93. The molecule has 0 unspecified atom stereocenters. The molecule has 1 aromatic heterocycles. The topological polar surface area (TPSA) is 73.1 Å². The molecule has 2 N–H and O–H groups in total. The van der Waals surface area contributed by atoms with E-state index in [4.69, 9.17) is 16.7 Å². The van der Waals surface area contributed by atoms with Crippen LogP contribution in [0.15, 0.2) is 59.5 Å². The Kier molecular flexibility index (Phi) is 3.41. The van der Waals surface area contributed by atoms with E-state index in [9.17, 15) is 8.42 Å². The fourth-order valence-corrected chi connectivity index (χ4v) is 2.77. The van der Waals surface area contributed by atoms with E-state index in [0.717, 1.165) is 22.2 Å². The van der Waals surface area contributed by atoms with Crippen molar-refractivity contribution in [1.29, 1.82) is 0 Å². The fraction of sp³-hybridized carbons (Fsp3) is 0. The first-order valence-corrected chi connectivity index (χ1v) is 8.05. The van der Waals surface area contributed by atoms with Crippen molar-refractivity contribution in [3.8, 4) is 11.3 Å². The van der Waals surface area contributed by atoms with Gasteiger partial charge in [0.1, 0.15) is 0 Å². The van der Waals surface area contributed by atoms with Crippen LogP contribution >= 0.6 is 11.6 Å². The summed E-state index contributed by atoms with van der Waals surface area (Å²) in [6.45, 7) is 0. The molecule has 0 spiro atoms. The van der Waals surface area contributed by atoms with Gasteiger partial charge in [-0.25, -0.2) is 18.5 Å². The summed E-state index contributed by atoms with van der Waals surface area (Å²) in [6, 6.07) is 15.6. The number of nitrogens with two attached hydrogens (primary N) is 1. The van der Waals surface area contributed by atoms with Gasteiger partial charge in [-0.2, -0.15) is 0 Å². The third kappa shape index (κ3) is 2.90. The molecule has 3 rings (SSSR count). The number of aromatic nitrogens is 1. The largest absolute Gasteiger partial charge is 0.248 e. The number of nitrogens with zero attached hydrogens (tertiary/aromatic N) is 1. The Morgan fingerprint density at radius 3 is 2.33 bits per heavy atom. The molecule has 0 radical (unpaired) electrons. The average Bonchev–Trinajstić information content (AvgIpc) is 2.46. The number of sulfonamides is 1. The van der Waals surface area contributed by atoms with Crippen LogP contribution in [0.3, 0.4) is 0 Å². The highest BCUT2D eigenvalue weighted by Crippen LogP contribution is 2.24. The molecule has 0 saturated heterocycles. The molecule has 0 aliphatic carbocycles. The van der Waals surface area contributed by atoms with E-state index in [2.05, 4.69) is 4.98 Å². The maximum absolute atomic E-state index is 11.2. The van der Waals surface area contributed by atoms with Crippen LogP contribution in [0.4, 0.5) is 0 Å². The zero-order valence-corrected chi connectivity index (χ0v) is 12.4. The van der Waals surface area contributed by atoms with Gasteiger partial charge in [-0.1, -0.05) is 29.8 Å². The first kappa shape index (κ1) is 14.0. The van der Waals surface area contributed by atoms with Crippen LogP contribution in [0.1, 0.15) is 0 Å². The van der Waals surface area contributed by atoms with Crippen molar-refractivity contribution in [3.05, 3.63) is 59.6 Å². The Bertz CT molecular complexity index is 922. The summed E-state index contributed by atoms with van der Waals surface area (Å²) < 4.78 is 22.5. The van der Waals surface area contributed by atoms with Crippen LogP contribution < -0.4 is 5.14 Å². The van der Waals surface area contributed by atoms with Crippen molar-refractivity contribution in [2.45, 2.75) is 4.90 Å². The number of rotatable bonds is 2. The minimum Gasteiger partial charge on any atom is -0.248 e. The van der Waals surface area contributed by atoms with Crippen molar-refractivity contribution in [2.24, 2.45) is 5.14 Å². The van der Waals surface area contributed by atoms with Crippen molar-refractivity contribution >= 4 is 32.5 Å². The van der Waals surface area contributed by atoms with Crippen LogP contribution in [0, 0.1) is 0 Å². The molecule has 0 aliphatic rings. The van der Waals surface area contributed by atoms with E-state index >= 15 is 0 Å². The molecular formula is C15H11ClN2O2S. The van der Waals surface area contributed by atoms with Gasteiger partial charge in [0, 0.05) is 16.0 Å². The van der Waals surface area contributed by atoms with E-state index in [1.54, 1.807) is 18.2 Å². The van der Waals surface area contributed by atoms with Gasteiger partial charge in [-0.05, 0) is 36.4 Å². The average molecular weight is 319 g/mol. The van der Waals surface area contributed by atoms with E-state index in [1.165, 1.54) is 12.1 Å². The lowest BCUT2D eigenvalue weighted by Crippen LogP contribution is -2.11. The number of primary sulfonamides is 1. The number of benzene rings is 2. The molecule has 0 bridgehead atoms. The van der Waals surface area contributed by atoms with Crippen LogP contribution in [0.5, 0.6) is 0 Å². The van der Waals surface area contributed by atoms with Gasteiger partial charge in [-0.15, -0.1) is 0 Å². The summed E-state index contributed by atoms with van der Waals surface area (Å²) in [7, 11) is -3.68. The summed E-state index contributed by atoms with van der Waals surface area (Å²) in [4.78, 5) is 4.62. The van der Waals surface area contributed by atoms with Crippen molar-refractivity contribution in [2.75, 3.05) is 0 Å². The Labute approximate surface area is 127 Å². The van der Waals surface area contributed by atoms with Gasteiger partial charge in [0.25, 0.3) is 0 Å². The van der Waals surface area contributed by atoms with Gasteiger partial charge in [0.2, 0.25) is 10.0 Å². The van der Waals surface area contributed by atoms with Crippen LogP contribution in [0.2, 0.25) is 5.02 Å². The number of halogens is 1. The maximum atomic E-state index is 11.2. The highest BCUT2D eigenvalue weighted by atomic mass is 35.5. The van der Waals surface area contributed by atoms with Gasteiger partial charge >= 0.3 is 0 Å². The molecule has 0 saturated carbocycles. The molecule has 106 valence electrons. The standard InChI is InChI=1S/C15H11ClN2O2S/c16-12-4-8-15-11(9-12)3-7-14(18-15)10-1-5-13(6-2-10)21(17,19)20/h1-9H,(H2,17,19,20). The summed E-state index contributed by atoms with van der Waals surface area (Å²) >= 11 is 5.94. The number of pyridine rings is 1. The monoisotopic (exact) mass is 318 g/mol. The van der Waals surface area contributed by atoms with Crippen molar-refractivity contribution in [1.82, 2.24) is 4.98 Å². The van der Waals surface area contributed by atoms with E-state index < -0.39 is 10.0 Å². The summed E-state index contributed by atoms with van der Waals surface area (Å²) in [5.41, 5.74) is 2.40. The Morgan fingerprint density at radius 1 is 0.952 bits per heavy atom. The third-order valence-corrected chi connectivity index (χ3v) is 4.29. The molecule has 0 aliphatic heterocycles. The second kappa shape index (κ2) is 5.11. The minimum atomic E-state index is -3.68. The fourth-order valence-electron chi connectivity index (χ4n) is 2.07. The smallest absolute Gasteiger partial charge is 0.238 e. The van der Waals surface area contributed by atoms with Crippen molar-refractivity contribution < 1.29 is 8.42 Å². The molecule has 1 heterocycles. The highest BCUT2D eigenvalue weighted by molar-refractivity contribution is 7.89. The lowest BCUT2D eigenvalue weighted by Gasteiger charge is -2.05. The second-order valence-corrected chi connectivity index (χ2v) is 6.60. The first-order valence-electron chi connectivity index (χ1n) is 6.13. The Morgan fingerprint density at radius 2 is 1.67 bits per heavy atom. The van der Waals surface area contributed by atoms with Crippen LogP contribution in [-0.2, 0) is 10.0 Å². The predicted octanol–water partition coefficient (Wildman–Crippen LogP) is 3.20. The summed E-state index contributed by atoms with van der Waals surface area (Å²) in [5.74, 6) is 0. The zero-order valence-electron chi connectivity index (χ0n) is 10.8. The molecule has 0 atom stereocenters. The van der Waals surface area contributed by atoms with Gasteiger partial charge < -0.3 is 0 Å². The van der Waals surface area contributed by atoms with E-state index in [0.29, 0.717) is 5.02 Å². The van der Waals surface area contributed by atoms with Crippen LogP contribution in [-0.4, -0.2) is 13.4 Å². The lowest BCUT2D eigenvalue weighted by atomic mass is 10.1. The predicted molar refractivity (Wildman–Crippen MR) is 83.6 cm³/mol. The van der Waals surface area contributed by atoms with Gasteiger partial charge in [0.15, 0.2) is 0 Å². The molecule has 21 heavy (non-hydrogen) atoms. The number of hydrogen-bond donors (Lipinski definition) is 1. The normalized spacial score (nSPS) is 11.7. The highest BCUT2D eigenvalue weighted by Gasteiger charge is 2.08. The summed E-state index contributed by atoms with van der Waals surface area (Å²) in [6.07, 6.45) is 0. The van der Waals surface area contributed by atoms with E-state index in [1.807, 2.05) is 24.3 Å². The van der Waals surface area contributed by atoms with Crippen LogP contribution in [0.25, 0.3) is 22.2 Å². The Balaban J connectivity index is 2.06. The molecule has 0 amide bonds. The molecule has 6 heteroatoms. The van der Waals surface area contributed by atoms with E-state index in [-0.39, 0.29) is 4.90 Å². The SMILES string of the molecule is NS(=O)(=O)c1ccc(-c2ccc3cc(Cl)ccc3n2)cc1. The quantitative estimate of drug-likeness (QED) is 0.788. The van der Waals surface area contributed by atoms with Gasteiger partial charge in [-0.3, -0.25) is 0 Å². The molecule has 0 fully saturated rings. The summed E-state index contributed by atoms with van der Waals surface area (Å²) in [5, 5.41) is 6.69. The number of fused-ring (bicyclic) bond motifs is 1. The molecular weight excluding hydrogens is 308 g/mol. The van der Waals surface area contributed by atoms with Gasteiger partial charge in [0.05, 0.1) is 16.1 Å². The van der Waals surface area contributed by atoms with Crippen molar-refractivity contribution in [3.63, 3.8) is 0 Å². The number of hydrogen-bond acceptors (Lipinski definition) is 3. The lowest BCUT2D eigenvalue weighted by molar-refractivity contribution is 0.598. The maximum Gasteiger partial charge on any atom is 0.238 e. The third-order valence-electron chi connectivity index (χ3n) is 3.13. The molecule has 2 aromatic carbocycles.